The van der Waals surface area contributed by atoms with Crippen LogP contribution in [0.25, 0.3) is 27.6 Å². The predicted octanol–water partition coefficient (Wildman–Crippen LogP) is 7.69. The van der Waals surface area contributed by atoms with Crippen LogP contribution in [0.15, 0.2) is 67.0 Å². The number of H-pyrrole nitrogens is 1. The fraction of sp³-hybridized carbons (Fsp3) is 0.388. The highest BCUT2D eigenvalue weighted by Gasteiger charge is 2.48. The van der Waals surface area contributed by atoms with Gasteiger partial charge in [0.25, 0.3) is 17.7 Å². The summed E-state index contributed by atoms with van der Waals surface area (Å²) in [7, 11) is 3.01. The molecule has 14 nitrogen and oxygen atoms in total. The van der Waals surface area contributed by atoms with Crippen LogP contribution < -0.4 is 10.2 Å². The lowest BCUT2D eigenvalue weighted by atomic mass is 9.83. The van der Waals surface area contributed by atoms with Crippen molar-refractivity contribution in [3.05, 3.63) is 112 Å². The van der Waals surface area contributed by atoms with Gasteiger partial charge in [-0.05, 0) is 79.8 Å². The second kappa shape index (κ2) is 19.1. The van der Waals surface area contributed by atoms with Crippen LogP contribution in [0.3, 0.4) is 0 Å². The molecule has 3 aromatic carbocycles. The first-order chi connectivity index (χ1) is 33.0. The van der Waals surface area contributed by atoms with Crippen LogP contribution in [0.2, 0.25) is 5.02 Å². The number of aromatic amines is 1. The van der Waals surface area contributed by atoms with E-state index in [4.69, 9.17) is 11.6 Å². The van der Waals surface area contributed by atoms with E-state index in [2.05, 4.69) is 15.4 Å². The molecular formula is C49H49ClF5N9O5. The van der Waals surface area contributed by atoms with Crippen molar-refractivity contribution < 1.29 is 45.9 Å². The number of anilines is 1. The van der Waals surface area contributed by atoms with Crippen molar-refractivity contribution in [3.63, 3.8) is 0 Å². The summed E-state index contributed by atoms with van der Waals surface area (Å²) >= 11 is 6.37. The normalized spacial score (nSPS) is 19.2. The van der Waals surface area contributed by atoms with Gasteiger partial charge in [0.15, 0.2) is 17.5 Å². The first-order valence-electron chi connectivity index (χ1n) is 22.8. The van der Waals surface area contributed by atoms with Crippen LogP contribution in [0.4, 0.5) is 32.4 Å². The highest BCUT2D eigenvalue weighted by molar-refractivity contribution is 6.34. The number of urea groups is 1. The summed E-state index contributed by atoms with van der Waals surface area (Å²) in [4.78, 5) is 74.3. The molecule has 3 fully saturated rings. The summed E-state index contributed by atoms with van der Waals surface area (Å²) in [5, 5.41) is 6.67. The van der Waals surface area contributed by atoms with Gasteiger partial charge in [-0.3, -0.25) is 39.0 Å². The Bertz CT molecular complexity index is 2900. The number of carbonyl (C=O) groups excluding carboxylic acids is 5. The van der Waals surface area contributed by atoms with Crippen molar-refractivity contribution in [1.29, 1.82) is 0 Å². The maximum absolute atomic E-state index is 16.6. The highest BCUT2D eigenvalue weighted by atomic mass is 35.5. The third-order valence-corrected chi connectivity index (χ3v) is 14.0. The van der Waals surface area contributed by atoms with E-state index < -0.39 is 59.2 Å². The second-order valence-corrected chi connectivity index (χ2v) is 18.6. The Kier molecular flexibility index (Phi) is 13.1. The first-order valence-corrected chi connectivity index (χ1v) is 23.2. The fourth-order valence-electron chi connectivity index (χ4n) is 9.99. The molecule has 9 rings (SSSR count). The zero-order valence-electron chi connectivity index (χ0n) is 37.8. The van der Waals surface area contributed by atoms with Gasteiger partial charge in [-0.15, -0.1) is 0 Å². The van der Waals surface area contributed by atoms with Gasteiger partial charge in [-0.25, -0.2) is 26.7 Å². The first kappa shape index (κ1) is 47.5. The van der Waals surface area contributed by atoms with E-state index in [0.717, 1.165) is 6.07 Å². The second-order valence-electron chi connectivity index (χ2n) is 18.2. The van der Waals surface area contributed by atoms with E-state index in [1.54, 1.807) is 43.9 Å². The maximum Gasteiger partial charge on any atom is 0.328 e. The van der Waals surface area contributed by atoms with E-state index in [9.17, 15) is 24.0 Å². The molecule has 4 aliphatic rings. The Morgan fingerprint density at radius 2 is 1.67 bits per heavy atom. The molecule has 69 heavy (non-hydrogen) atoms. The Labute approximate surface area is 398 Å². The SMILES string of the molecule is CN(C)C(=O)c1cc2c(-c3ccc([C@H]4CCN(C5CCN(C(=O)c6ccc(Cl)c(N7CCC(=O)NC7=O)c6)CC5)CC4(F)F)c(F)c3F)cc(C3=CCCN(C(=O)CCn4cccn4)C3)c(F)c2[nH]1. The van der Waals surface area contributed by atoms with Crippen molar-refractivity contribution in [2.45, 2.75) is 63.0 Å². The van der Waals surface area contributed by atoms with Crippen molar-refractivity contribution in [1.82, 2.24) is 39.7 Å². The van der Waals surface area contributed by atoms with Crippen LogP contribution >= 0.6 is 11.6 Å². The summed E-state index contributed by atoms with van der Waals surface area (Å²) in [6.07, 6.45) is 6.32. The number of rotatable bonds is 10. The zero-order valence-corrected chi connectivity index (χ0v) is 38.6. The standard InChI is InChI=1S/C49H49ClF5N9O5/c1-59(2)47(68)38-25-35-34(24-33(44(53)45(35)57-38)29-5-3-16-61(26-29)41(66)14-21-63-17-4-15-56-63)31-7-8-32(43(52)42(31)51)36-12-20-62(27-49(36,54)55)30-10-18-60(19-11-30)46(67)28-6-9-37(50)39(23-28)64-22-13-40(65)58-48(64)69/h4-9,15,17,23-25,30,36,57H,3,10-14,16,18-22,26-27H2,1-2H3,(H,58,65,69)/t36-/m1/s1. The van der Waals surface area contributed by atoms with Crippen LogP contribution in [0.1, 0.15) is 76.4 Å². The van der Waals surface area contributed by atoms with Crippen LogP contribution in [-0.2, 0) is 16.1 Å². The molecule has 0 aliphatic carbocycles. The van der Waals surface area contributed by atoms with Gasteiger partial charge < -0.3 is 19.7 Å². The van der Waals surface area contributed by atoms with E-state index >= 15 is 22.0 Å². The molecule has 20 heteroatoms. The molecular weight excluding hydrogens is 925 g/mol. The molecule has 5 aromatic rings. The van der Waals surface area contributed by atoms with Gasteiger partial charge in [0.05, 0.1) is 28.7 Å². The average molecular weight is 974 g/mol. The fourth-order valence-corrected chi connectivity index (χ4v) is 10.2. The smallest absolute Gasteiger partial charge is 0.328 e. The van der Waals surface area contributed by atoms with E-state index in [-0.39, 0.29) is 119 Å². The number of carbonyl (C=O) groups is 5. The summed E-state index contributed by atoms with van der Waals surface area (Å²) in [6, 6.07) is 10.4. The lowest BCUT2D eigenvalue weighted by Gasteiger charge is -2.45. The van der Waals surface area contributed by atoms with E-state index in [1.165, 1.54) is 60.3 Å². The number of imide groups is 1. The Morgan fingerprint density at radius 3 is 2.38 bits per heavy atom. The molecule has 4 aliphatic heterocycles. The number of alkyl halides is 2. The Morgan fingerprint density at radius 1 is 0.884 bits per heavy atom. The lowest BCUT2D eigenvalue weighted by molar-refractivity contribution is -0.131. The molecule has 6 amide bonds. The summed E-state index contributed by atoms with van der Waals surface area (Å²) in [5.74, 6) is -10.2. The number of nitrogens with zero attached hydrogens (tertiary/aromatic N) is 7. The van der Waals surface area contributed by atoms with Gasteiger partial charge in [0, 0.05) is 112 Å². The number of aromatic nitrogens is 3. The molecule has 0 radical (unpaired) electrons. The van der Waals surface area contributed by atoms with Crippen LogP contribution in [0, 0.1) is 17.5 Å². The van der Waals surface area contributed by atoms with Crippen molar-refractivity contribution in [3.8, 4) is 11.1 Å². The minimum Gasteiger partial charge on any atom is -0.348 e. The third-order valence-electron chi connectivity index (χ3n) is 13.7. The van der Waals surface area contributed by atoms with E-state index in [1.807, 2.05) is 0 Å². The molecule has 3 saturated heterocycles. The lowest BCUT2D eigenvalue weighted by Crippen LogP contribution is -2.54. The largest absolute Gasteiger partial charge is 0.348 e. The zero-order chi connectivity index (χ0) is 48.9. The number of hydrogen-bond acceptors (Lipinski definition) is 7. The van der Waals surface area contributed by atoms with Gasteiger partial charge in [0.1, 0.15) is 5.69 Å². The molecule has 0 unspecified atom stereocenters. The predicted molar refractivity (Wildman–Crippen MR) is 247 cm³/mol. The van der Waals surface area contributed by atoms with Crippen molar-refractivity contribution in [2.75, 3.05) is 64.8 Å². The molecule has 0 saturated carbocycles. The topological polar surface area (TPSA) is 147 Å². The Hall–Kier alpha value is -6.60. The number of amides is 6. The molecule has 2 aromatic heterocycles. The summed E-state index contributed by atoms with van der Waals surface area (Å²) in [6.45, 7) is 0.820. The van der Waals surface area contributed by atoms with Crippen molar-refractivity contribution >= 4 is 63.4 Å². The number of fused-ring (bicyclic) bond motifs is 1. The molecule has 0 bridgehead atoms. The third kappa shape index (κ3) is 9.33. The number of hydrogen-bond donors (Lipinski definition) is 2. The van der Waals surface area contributed by atoms with Crippen molar-refractivity contribution in [2.24, 2.45) is 0 Å². The van der Waals surface area contributed by atoms with Gasteiger partial charge in [-0.2, -0.15) is 5.10 Å². The van der Waals surface area contributed by atoms with Gasteiger partial charge in [-0.1, -0.05) is 29.8 Å². The molecule has 2 N–H and O–H groups in total. The van der Waals surface area contributed by atoms with E-state index in [0.29, 0.717) is 37.9 Å². The van der Waals surface area contributed by atoms with Crippen LogP contribution in [0.5, 0.6) is 0 Å². The minimum atomic E-state index is -3.47. The number of nitrogens with one attached hydrogen (secondary N) is 2. The highest BCUT2D eigenvalue weighted by Crippen LogP contribution is 2.45. The molecule has 362 valence electrons. The van der Waals surface area contributed by atoms with Gasteiger partial charge >= 0.3 is 6.03 Å². The number of piperidine rings is 2. The van der Waals surface area contributed by atoms with Gasteiger partial charge in [0.2, 0.25) is 11.8 Å². The minimum absolute atomic E-state index is 0.00728. The Balaban J connectivity index is 0.915. The number of halogens is 6. The number of benzene rings is 3. The molecule has 1 atom stereocenters. The summed E-state index contributed by atoms with van der Waals surface area (Å²) in [5.41, 5.74) is 0.0348. The number of aryl methyl sites for hydroxylation is 1. The quantitative estimate of drug-likeness (QED) is 0.137. The number of likely N-dealkylation sites (tertiary alicyclic amines) is 2. The maximum atomic E-state index is 16.6. The molecule has 6 heterocycles. The average Bonchev–Trinajstić information content (AvgIpc) is 4.04. The monoisotopic (exact) mass is 973 g/mol. The van der Waals surface area contributed by atoms with Crippen LogP contribution in [-0.4, -0.2) is 136 Å². The molecule has 0 spiro atoms. The summed E-state index contributed by atoms with van der Waals surface area (Å²) < 4.78 is 83.9.